The molecule has 2 aromatic carbocycles. The molecular formula is C20H22FNO3. The molecule has 0 aliphatic carbocycles. The zero-order valence-corrected chi connectivity index (χ0v) is 14.2. The summed E-state index contributed by atoms with van der Waals surface area (Å²) in [5, 5.41) is 9.78. The van der Waals surface area contributed by atoms with Gasteiger partial charge < -0.3 is 14.7 Å². The maximum Gasteiger partial charge on any atom is 0.258 e. The number of carbonyl (C=O) groups excluding carboxylic acids is 1. The number of carbonyl (C=O) groups is 1. The van der Waals surface area contributed by atoms with E-state index in [0.29, 0.717) is 17.9 Å². The van der Waals surface area contributed by atoms with Gasteiger partial charge in [-0.25, -0.2) is 4.39 Å². The Morgan fingerprint density at radius 3 is 2.64 bits per heavy atom. The lowest BCUT2D eigenvalue weighted by molar-refractivity contribution is 0.0937. The van der Waals surface area contributed by atoms with Crippen molar-refractivity contribution in [3.63, 3.8) is 0 Å². The number of hydrogen-bond acceptors (Lipinski definition) is 3. The van der Waals surface area contributed by atoms with Crippen LogP contribution in [-0.2, 0) is 6.42 Å². The molecule has 2 aromatic rings. The summed E-state index contributed by atoms with van der Waals surface area (Å²) in [7, 11) is 0. The fourth-order valence-electron chi connectivity index (χ4n) is 3.20. The largest absolute Gasteiger partial charge is 0.491 e. The minimum Gasteiger partial charge on any atom is -0.491 e. The van der Waals surface area contributed by atoms with Crippen molar-refractivity contribution in [3.05, 3.63) is 59.7 Å². The zero-order chi connectivity index (χ0) is 17.9. The third-order valence-electron chi connectivity index (χ3n) is 4.51. The van der Waals surface area contributed by atoms with Crippen molar-refractivity contribution in [3.8, 4) is 5.75 Å². The lowest BCUT2D eigenvalue weighted by Crippen LogP contribution is -2.47. The Labute approximate surface area is 146 Å². The maximum absolute atomic E-state index is 13.0. The van der Waals surface area contributed by atoms with E-state index in [1.807, 2.05) is 31.2 Å². The Morgan fingerprint density at radius 1 is 1.24 bits per heavy atom. The molecule has 132 valence electrons. The van der Waals surface area contributed by atoms with Crippen molar-refractivity contribution < 1.29 is 19.0 Å². The summed E-state index contributed by atoms with van der Waals surface area (Å²) in [4.78, 5) is 14.8. The van der Waals surface area contributed by atoms with E-state index < -0.39 is 6.67 Å². The van der Waals surface area contributed by atoms with Gasteiger partial charge >= 0.3 is 0 Å². The third-order valence-corrected chi connectivity index (χ3v) is 4.51. The molecule has 0 aromatic heterocycles. The Kier molecular flexibility index (Phi) is 5.04. The summed E-state index contributed by atoms with van der Waals surface area (Å²) < 4.78 is 17.4. The second-order valence-corrected chi connectivity index (χ2v) is 6.73. The summed E-state index contributed by atoms with van der Waals surface area (Å²) in [6.45, 7) is 1.91. The number of aliphatic hydroxyl groups is 1. The topological polar surface area (TPSA) is 49.8 Å². The van der Waals surface area contributed by atoms with E-state index in [1.54, 1.807) is 29.2 Å². The number of alkyl halides is 1. The van der Waals surface area contributed by atoms with Crippen LogP contribution in [-0.4, -0.2) is 37.4 Å². The minimum atomic E-state index is -0.551. The molecule has 25 heavy (non-hydrogen) atoms. The van der Waals surface area contributed by atoms with Crippen LogP contribution in [0, 0.1) is 5.41 Å². The molecule has 0 spiro atoms. The van der Waals surface area contributed by atoms with Gasteiger partial charge in [0, 0.05) is 23.2 Å². The van der Waals surface area contributed by atoms with Crippen molar-refractivity contribution in [1.82, 2.24) is 0 Å². The molecule has 0 bridgehead atoms. The fourth-order valence-corrected chi connectivity index (χ4v) is 3.20. The number of ether oxygens (including phenoxy) is 1. The standard InChI is InChI=1S/C20H22FNO3/c1-20(14-23)12-16-4-2-3-5-18(16)22(13-20)19(24)15-6-8-17(9-7-15)25-11-10-21/h2-9,23H,10-14H2,1H3. The molecule has 0 radical (unpaired) electrons. The number of halogens is 1. The Morgan fingerprint density at radius 2 is 1.96 bits per heavy atom. The van der Waals surface area contributed by atoms with Crippen molar-refractivity contribution in [2.45, 2.75) is 13.3 Å². The Balaban J connectivity index is 1.88. The highest BCUT2D eigenvalue weighted by Crippen LogP contribution is 2.37. The van der Waals surface area contributed by atoms with Gasteiger partial charge in [0.25, 0.3) is 5.91 Å². The van der Waals surface area contributed by atoms with Gasteiger partial charge in [-0.3, -0.25) is 4.79 Å². The molecule has 1 aliphatic heterocycles. The molecule has 1 aliphatic rings. The van der Waals surface area contributed by atoms with Gasteiger partial charge in [-0.15, -0.1) is 0 Å². The van der Waals surface area contributed by atoms with E-state index in [9.17, 15) is 14.3 Å². The molecule has 3 rings (SSSR count). The number of anilines is 1. The van der Waals surface area contributed by atoms with Crippen molar-refractivity contribution in [2.24, 2.45) is 5.41 Å². The summed E-state index contributed by atoms with van der Waals surface area (Å²) in [6, 6.07) is 14.5. The van der Waals surface area contributed by atoms with Crippen LogP contribution >= 0.6 is 0 Å². The van der Waals surface area contributed by atoms with Gasteiger partial charge in [0.15, 0.2) is 0 Å². The molecule has 0 saturated heterocycles. The second-order valence-electron chi connectivity index (χ2n) is 6.73. The molecule has 5 heteroatoms. The Hall–Kier alpha value is -2.40. The SMILES string of the molecule is CC1(CO)Cc2ccccc2N(C(=O)c2ccc(OCCF)cc2)C1. The summed E-state index contributed by atoms with van der Waals surface area (Å²) in [5.41, 5.74) is 2.11. The first-order chi connectivity index (χ1) is 12.1. The highest BCUT2D eigenvalue weighted by Gasteiger charge is 2.36. The van der Waals surface area contributed by atoms with Gasteiger partial charge in [0.05, 0.1) is 6.61 Å². The van der Waals surface area contributed by atoms with E-state index in [2.05, 4.69) is 0 Å². The lowest BCUT2D eigenvalue weighted by atomic mass is 9.80. The number of benzene rings is 2. The normalized spacial score (nSPS) is 19.4. The van der Waals surface area contributed by atoms with Crippen molar-refractivity contribution in [2.75, 3.05) is 31.3 Å². The Bertz CT molecular complexity index is 747. The van der Waals surface area contributed by atoms with Gasteiger partial charge in [0.2, 0.25) is 0 Å². The van der Waals surface area contributed by atoms with Crippen molar-refractivity contribution >= 4 is 11.6 Å². The second kappa shape index (κ2) is 7.23. The highest BCUT2D eigenvalue weighted by atomic mass is 19.1. The molecule has 4 nitrogen and oxygen atoms in total. The van der Waals surface area contributed by atoms with Crippen LogP contribution < -0.4 is 9.64 Å². The van der Waals surface area contributed by atoms with Gasteiger partial charge in [-0.1, -0.05) is 25.1 Å². The molecule has 1 amide bonds. The zero-order valence-electron chi connectivity index (χ0n) is 14.2. The van der Waals surface area contributed by atoms with Crippen LogP contribution in [0.1, 0.15) is 22.8 Å². The quantitative estimate of drug-likeness (QED) is 0.907. The predicted molar refractivity (Wildman–Crippen MR) is 94.9 cm³/mol. The van der Waals surface area contributed by atoms with E-state index in [-0.39, 0.29) is 24.5 Å². The number of aliphatic hydroxyl groups excluding tert-OH is 1. The molecule has 1 N–H and O–H groups in total. The lowest BCUT2D eigenvalue weighted by Gasteiger charge is -2.40. The fraction of sp³-hybridized carbons (Fsp3) is 0.350. The van der Waals surface area contributed by atoms with Crippen LogP contribution in [0.15, 0.2) is 48.5 Å². The average molecular weight is 343 g/mol. The highest BCUT2D eigenvalue weighted by molar-refractivity contribution is 6.07. The van der Waals surface area contributed by atoms with Crippen LogP contribution in [0.3, 0.4) is 0 Å². The maximum atomic E-state index is 13.0. The monoisotopic (exact) mass is 343 g/mol. The van der Waals surface area contributed by atoms with Gasteiger partial charge in [-0.05, 0) is 42.3 Å². The van der Waals surface area contributed by atoms with Crippen molar-refractivity contribution in [1.29, 1.82) is 0 Å². The molecule has 1 unspecified atom stereocenters. The number of amides is 1. The van der Waals surface area contributed by atoms with E-state index in [0.717, 1.165) is 17.7 Å². The third kappa shape index (κ3) is 3.66. The summed E-state index contributed by atoms with van der Waals surface area (Å²) >= 11 is 0. The first-order valence-electron chi connectivity index (χ1n) is 8.36. The van der Waals surface area contributed by atoms with Crippen LogP contribution in [0.4, 0.5) is 10.1 Å². The molecular weight excluding hydrogens is 321 g/mol. The molecule has 0 fully saturated rings. The van der Waals surface area contributed by atoms with E-state index in [1.165, 1.54) is 0 Å². The smallest absolute Gasteiger partial charge is 0.258 e. The minimum absolute atomic E-state index is 0.00164. The number of nitrogens with zero attached hydrogens (tertiary/aromatic N) is 1. The predicted octanol–water partition coefficient (Wildman–Crippen LogP) is 3.24. The van der Waals surface area contributed by atoms with Gasteiger partial charge in [-0.2, -0.15) is 0 Å². The molecule has 1 heterocycles. The summed E-state index contributed by atoms with van der Waals surface area (Å²) in [5.74, 6) is 0.414. The first-order valence-corrected chi connectivity index (χ1v) is 8.36. The number of para-hydroxylation sites is 1. The summed E-state index contributed by atoms with van der Waals surface area (Å²) in [6.07, 6.45) is 0.736. The van der Waals surface area contributed by atoms with E-state index >= 15 is 0 Å². The van der Waals surface area contributed by atoms with E-state index in [4.69, 9.17) is 4.74 Å². The number of rotatable bonds is 5. The number of hydrogen-bond donors (Lipinski definition) is 1. The molecule has 1 atom stereocenters. The molecule has 0 saturated carbocycles. The average Bonchev–Trinajstić information content (AvgIpc) is 2.65. The van der Waals surface area contributed by atoms with Crippen LogP contribution in [0.2, 0.25) is 0 Å². The van der Waals surface area contributed by atoms with Crippen LogP contribution in [0.5, 0.6) is 5.75 Å². The first kappa shape index (κ1) is 17.4. The van der Waals surface area contributed by atoms with Crippen LogP contribution in [0.25, 0.3) is 0 Å². The van der Waals surface area contributed by atoms with Gasteiger partial charge in [0.1, 0.15) is 19.0 Å². The number of fused-ring (bicyclic) bond motifs is 1.